The molecule has 2 aromatic heterocycles. The van der Waals surface area contributed by atoms with E-state index in [1.807, 2.05) is 25.1 Å². The van der Waals surface area contributed by atoms with E-state index in [1.165, 1.54) is 0 Å². The van der Waals surface area contributed by atoms with Crippen molar-refractivity contribution in [2.75, 3.05) is 6.61 Å². The molecule has 0 unspecified atom stereocenters. The van der Waals surface area contributed by atoms with Gasteiger partial charge in [-0.25, -0.2) is 0 Å². The molecule has 4 rings (SSSR count). The molecule has 0 aliphatic heterocycles. The Morgan fingerprint density at radius 1 is 1.16 bits per heavy atom. The summed E-state index contributed by atoms with van der Waals surface area (Å²) in [5, 5.41) is 16.5. The summed E-state index contributed by atoms with van der Waals surface area (Å²) in [5.41, 5.74) is 2.20. The van der Waals surface area contributed by atoms with Crippen molar-refractivity contribution >= 4 is 40.1 Å². The van der Waals surface area contributed by atoms with Crippen molar-refractivity contribution < 1.29 is 48.7 Å². The molecular weight excluding hydrogens is 452 g/mol. The Morgan fingerprint density at radius 3 is 2.65 bits per heavy atom. The van der Waals surface area contributed by atoms with Crippen LogP contribution in [0.25, 0.3) is 33.7 Å². The van der Waals surface area contributed by atoms with E-state index in [9.17, 15) is 9.90 Å². The molecule has 0 radical (unpaired) electrons. The summed E-state index contributed by atoms with van der Waals surface area (Å²) in [4.78, 5) is 15.2. The van der Waals surface area contributed by atoms with Gasteiger partial charge in [0.2, 0.25) is 5.82 Å². The first-order valence-corrected chi connectivity index (χ1v) is 9.97. The molecule has 31 heavy (non-hydrogen) atoms. The van der Waals surface area contributed by atoms with Crippen LogP contribution in [0.2, 0.25) is 10.0 Å². The second-order valence-corrected chi connectivity index (χ2v) is 7.34. The summed E-state index contributed by atoms with van der Waals surface area (Å²) in [6.07, 6.45) is 1.60. The van der Waals surface area contributed by atoms with Crippen LogP contribution in [0.15, 0.2) is 47.1 Å². The number of halogens is 2. The van der Waals surface area contributed by atoms with Gasteiger partial charge in [0.15, 0.2) is 0 Å². The molecule has 0 aliphatic rings. The average Bonchev–Trinajstić information content (AvgIpc) is 3.33. The molecule has 4 aromatic rings. The maximum atomic E-state index is 10.7. The van der Waals surface area contributed by atoms with Crippen molar-refractivity contribution in [2.45, 2.75) is 19.9 Å². The molecule has 0 saturated heterocycles. The maximum absolute atomic E-state index is 10.7. The molecule has 0 N–H and O–H groups in total. The SMILES string of the molecule is CCOc1ccc(-c2nc(-c3ccc4c(c3)c(Cl)cn4CCC(=O)[O-])no2)cc1Cl.[Na+]. The monoisotopic (exact) mass is 467 g/mol. The second kappa shape index (κ2) is 10.1. The summed E-state index contributed by atoms with van der Waals surface area (Å²) >= 11 is 12.6. The van der Waals surface area contributed by atoms with Crippen LogP contribution in [0.3, 0.4) is 0 Å². The van der Waals surface area contributed by atoms with Gasteiger partial charge in [-0.15, -0.1) is 0 Å². The molecule has 0 spiro atoms. The molecule has 0 saturated carbocycles. The Balaban J connectivity index is 0.00000272. The van der Waals surface area contributed by atoms with E-state index in [0.29, 0.717) is 45.2 Å². The largest absolute Gasteiger partial charge is 1.00 e. The number of carboxylic acids is 1. The van der Waals surface area contributed by atoms with E-state index in [4.69, 9.17) is 32.5 Å². The molecule has 7 nitrogen and oxygen atoms in total. The smallest absolute Gasteiger partial charge is 0.550 e. The number of rotatable bonds is 7. The molecule has 10 heteroatoms. The average molecular weight is 468 g/mol. The van der Waals surface area contributed by atoms with E-state index in [2.05, 4.69) is 10.1 Å². The first kappa shape index (κ1) is 23.6. The minimum Gasteiger partial charge on any atom is -0.550 e. The summed E-state index contributed by atoms with van der Waals surface area (Å²) in [6.45, 7) is 2.68. The fourth-order valence-corrected chi connectivity index (χ4v) is 3.66. The van der Waals surface area contributed by atoms with Gasteiger partial charge in [0.25, 0.3) is 5.89 Å². The fourth-order valence-electron chi connectivity index (χ4n) is 3.15. The number of fused-ring (bicyclic) bond motifs is 1. The number of nitrogens with zero attached hydrogens (tertiary/aromatic N) is 3. The van der Waals surface area contributed by atoms with Crippen molar-refractivity contribution in [3.8, 4) is 28.6 Å². The van der Waals surface area contributed by atoms with E-state index in [1.54, 1.807) is 29.0 Å². The van der Waals surface area contributed by atoms with Crippen LogP contribution in [-0.4, -0.2) is 27.3 Å². The third-order valence-corrected chi connectivity index (χ3v) is 5.15. The maximum Gasteiger partial charge on any atom is 1.00 e. The second-order valence-electron chi connectivity index (χ2n) is 6.53. The van der Waals surface area contributed by atoms with Gasteiger partial charge in [0.05, 0.1) is 16.7 Å². The number of aliphatic carboxylic acids is 1. The number of hydrogen-bond donors (Lipinski definition) is 0. The summed E-state index contributed by atoms with van der Waals surface area (Å²) < 4.78 is 12.6. The van der Waals surface area contributed by atoms with Crippen LogP contribution >= 0.6 is 23.2 Å². The molecule has 2 aromatic carbocycles. The predicted octanol–water partition coefficient (Wildman–Crippen LogP) is 1.21. The Hall–Kier alpha value is -2.03. The molecule has 2 heterocycles. The third-order valence-electron chi connectivity index (χ3n) is 4.55. The summed E-state index contributed by atoms with van der Waals surface area (Å²) in [7, 11) is 0. The predicted molar refractivity (Wildman–Crippen MR) is 111 cm³/mol. The van der Waals surface area contributed by atoms with Crippen LogP contribution < -0.4 is 39.4 Å². The van der Waals surface area contributed by atoms with Crippen LogP contribution in [0, 0.1) is 0 Å². The van der Waals surface area contributed by atoms with Gasteiger partial charge in [-0.2, -0.15) is 4.98 Å². The van der Waals surface area contributed by atoms with Gasteiger partial charge in [-0.1, -0.05) is 28.4 Å². The number of hydrogen-bond acceptors (Lipinski definition) is 6. The van der Waals surface area contributed by atoms with Gasteiger partial charge >= 0.3 is 29.6 Å². The number of benzene rings is 2. The van der Waals surface area contributed by atoms with Crippen molar-refractivity contribution in [3.63, 3.8) is 0 Å². The van der Waals surface area contributed by atoms with Crippen LogP contribution in [-0.2, 0) is 11.3 Å². The molecule has 0 fully saturated rings. The Labute approximate surface area is 210 Å². The Bertz CT molecular complexity index is 1240. The van der Waals surface area contributed by atoms with E-state index in [0.717, 1.165) is 10.9 Å². The number of carbonyl (C=O) groups is 1. The van der Waals surface area contributed by atoms with Gasteiger partial charge in [0.1, 0.15) is 5.75 Å². The van der Waals surface area contributed by atoms with Gasteiger partial charge < -0.3 is 23.7 Å². The first-order chi connectivity index (χ1) is 14.5. The summed E-state index contributed by atoms with van der Waals surface area (Å²) in [6, 6.07) is 10.8. The number of aromatic nitrogens is 3. The van der Waals surface area contributed by atoms with Crippen molar-refractivity contribution in [1.29, 1.82) is 0 Å². The molecule has 0 atom stereocenters. The molecule has 0 bridgehead atoms. The normalized spacial score (nSPS) is 10.8. The number of carbonyl (C=O) groups excluding carboxylic acids is 1. The molecule has 0 amide bonds. The topological polar surface area (TPSA) is 93.2 Å². The molecular formula is C21H16Cl2N3NaO4. The number of aryl methyl sites for hydroxylation is 1. The quantitative estimate of drug-likeness (QED) is 0.379. The number of carboxylic acid groups (broad SMARTS) is 1. The standard InChI is InChI=1S/C21H17Cl2N3O4.Na/c1-2-29-18-6-4-13(10-15(18)22)21-24-20(25-30-21)12-3-5-17-14(9-12)16(23)11-26(17)8-7-19(27)28;/h3-6,9-11H,2,7-8H2,1H3,(H,27,28);/q;+1/p-1. The van der Waals surface area contributed by atoms with Crippen molar-refractivity contribution in [2.24, 2.45) is 0 Å². The third kappa shape index (κ3) is 5.07. The van der Waals surface area contributed by atoms with E-state index >= 15 is 0 Å². The van der Waals surface area contributed by atoms with Crippen LogP contribution in [0.1, 0.15) is 13.3 Å². The number of ether oxygens (including phenoxy) is 1. The van der Waals surface area contributed by atoms with Crippen LogP contribution in [0.5, 0.6) is 5.75 Å². The van der Waals surface area contributed by atoms with E-state index in [-0.39, 0.29) is 42.5 Å². The fraction of sp³-hybridized carbons (Fsp3) is 0.190. The zero-order valence-electron chi connectivity index (χ0n) is 16.9. The molecule has 0 aliphatic carbocycles. The van der Waals surface area contributed by atoms with Gasteiger partial charge in [-0.05, 0) is 43.3 Å². The Morgan fingerprint density at radius 2 is 1.94 bits per heavy atom. The van der Waals surface area contributed by atoms with Crippen molar-refractivity contribution in [3.05, 3.63) is 52.6 Å². The summed E-state index contributed by atoms with van der Waals surface area (Å²) in [5.74, 6) is 0.201. The van der Waals surface area contributed by atoms with Crippen molar-refractivity contribution in [1.82, 2.24) is 14.7 Å². The van der Waals surface area contributed by atoms with Crippen LogP contribution in [0.4, 0.5) is 0 Å². The zero-order chi connectivity index (χ0) is 21.3. The molecule has 154 valence electrons. The van der Waals surface area contributed by atoms with Gasteiger partial charge in [-0.3, -0.25) is 0 Å². The Kier molecular flexibility index (Phi) is 7.67. The minimum atomic E-state index is -1.11. The van der Waals surface area contributed by atoms with Gasteiger partial charge in [0, 0.05) is 47.2 Å². The zero-order valence-corrected chi connectivity index (χ0v) is 20.4. The van der Waals surface area contributed by atoms with E-state index < -0.39 is 5.97 Å². The minimum absolute atomic E-state index is 0. The first-order valence-electron chi connectivity index (χ1n) is 9.21.